The molecular formula is C18H23N5O3. The van der Waals surface area contributed by atoms with Gasteiger partial charge in [0.15, 0.2) is 0 Å². The quantitative estimate of drug-likeness (QED) is 0.815. The Morgan fingerprint density at radius 3 is 2.54 bits per heavy atom. The van der Waals surface area contributed by atoms with Crippen LogP contribution in [0.2, 0.25) is 0 Å². The molecular weight excluding hydrogens is 334 g/mol. The van der Waals surface area contributed by atoms with Crippen molar-refractivity contribution in [1.82, 2.24) is 24.4 Å². The van der Waals surface area contributed by atoms with E-state index in [0.29, 0.717) is 43.7 Å². The second-order valence-corrected chi connectivity index (χ2v) is 7.05. The largest absolute Gasteiger partial charge is 0.378 e. The Morgan fingerprint density at radius 1 is 1.15 bits per heavy atom. The molecule has 0 spiro atoms. The maximum absolute atomic E-state index is 12.8. The summed E-state index contributed by atoms with van der Waals surface area (Å²) in [5.41, 5.74) is 0.988. The van der Waals surface area contributed by atoms with Gasteiger partial charge in [0.2, 0.25) is 5.91 Å². The van der Waals surface area contributed by atoms with E-state index in [1.165, 1.54) is 0 Å². The summed E-state index contributed by atoms with van der Waals surface area (Å²) >= 11 is 0. The number of carbonyl (C=O) groups is 2. The van der Waals surface area contributed by atoms with Crippen molar-refractivity contribution in [2.45, 2.75) is 31.3 Å². The first kappa shape index (κ1) is 17.0. The Morgan fingerprint density at radius 2 is 1.88 bits per heavy atom. The Bertz CT molecular complexity index is 816. The molecule has 1 aliphatic heterocycles. The first-order valence-corrected chi connectivity index (χ1v) is 9.01. The second kappa shape index (κ2) is 6.68. The Hall–Kier alpha value is -2.48. The molecule has 2 aliphatic rings. The number of nitrogens with zero attached hydrogens (tertiary/aromatic N) is 5. The number of fused-ring (bicyclic) bond motifs is 1. The third kappa shape index (κ3) is 2.94. The van der Waals surface area contributed by atoms with Crippen LogP contribution in [0.5, 0.6) is 0 Å². The summed E-state index contributed by atoms with van der Waals surface area (Å²) in [6.07, 6.45) is 10.0. The number of ether oxygens (including phenoxy) is 1. The molecule has 1 saturated carbocycles. The highest BCUT2D eigenvalue weighted by atomic mass is 16.5. The first-order chi connectivity index (χ1) is 12.6. The molecule has 2 aromatic heterocycles. The van der Waals surface area contributed by atoms with E-state index in [0.717, 1.165) is 19.3 Å². The highest BCUT2D eigenvalue weighted by Gasteiger charge is 2.40. The van der Waals surface area contributed by atoms with Crippen molar-refractivity contribution >= 4 is 17.3 Å². The molecule has 3 heterocycles. The number of carbonyl (C=O) groups excluding carboxylic acids is 2. The zero-order chi connectivity index (χ0) is 18.1. The Balaban J connectivity index is 1.37. The van der Waals surface area contributed by atoms with E-state index in [1.54, 1.807) is 41.3 Å². The van der Waals surface area contributed by atoms with Crippen LogP contribution in [0.25, 0.3) is 5.52 Å². The molecule has 4 rings (SSSR count). The fourth-order valence-electron chi connectivity index (χ4n) is 3.74. The smallest absolute Gasteiger partial charge is 0.257 e. The zero-order valence-electron chi connectivity index (χ0n) is 14.9. The third-order valence-corrected chi connectivity index (χ3v) is 5.65. The maximum atomic E-state index is 12.8. The van der Waals surface area contributed by atoms with Gasteiger partial charge in [0, 0.05) is 45.7 Å². The number of methoxy groups -OCH3 is 1. The highest BCUT2D eigenvalue weighted by molar-refractivity contribution is 6.00. The van der Waals surface area contributed by atoms with Crippen molar-refractivity contribution in [3.63, 3.8) is 0 Å². The van der Waals surface area contributed by atoms with E-state index in [4.69, 9.17) is 4.74 Å². The minimum atomic E-state index is -0.256. The van der Waals surface area contributed by atoms with E-state index in [-0.39, 0.29) is 17.4 Å². The average Bonchev–Trinajstić information content (AvgIpc) is 3.08. The number of piperazine rings is 1. The zero-order valence-corrected chi connectivity index (χ0v) is 14.9. The van der Waals surface area contributed by atoms with E-state index in [2.05, 4.69) is 10.1 Å². The molecule has 0 radical (unpaired) electrons. The van der Waals surface area contributed by atoms with Crippen LogP contribution in [0, 0.1) is 0 Å². The number of aromatic nitrogens is 3. The fraction of sp³-hybridized carbons (Fsp3) is 0.556. The SMILES string of the molecule is COC1(CC(=O)N2CCN(C(=O)c3cnn4ccncc34)CC2)CCC1. The molecule has 2 fully saturated rings. The second-order valence-electron chi connectivity index (χ2n) is 7.05. The van der Waals surface area contributed by atoms with Gasteiger partial charge in [-0.15, -0.1) is 0 Å². The summed E-state index contributed by atoms with van der Waals surface area (Å²) in [6.45, 7) is 2.17. The van der Waals surface area contributed by atoms with Crippen molar-refractivity contribution in [2.24, 2.45) is 0 Å². The van der Waals surface area contributed by atoms with Gasteiger partial charge in [0.25, 0.3) is 5.91 Å². The van der Waals surface area contributed by atoms with Crippen LogP contribution >= 0.6 is 0 Å². The molecule has 2 aromatic rings. The predicted molar refractivity (Wildman–Crippen MR) is 93.7 cm³/mol. The standard InChI is InChI=1S/C18H23N5O3/c1-26-18(3-2-4-18)11-16(24)21-7-9-22(10-8-21)17(25)14-12-20-23-6-5-19-13-15(14)23/h5-6,12-13H,2-4,7-11H2,1H3. The number of rotatable bonds is 4. The molecule has 8 heteroatoms. The molecule has 0 aromatic carbocycles. The molecule has 0 N–H and O–H groups in total. The van der Waals surface area contributed by atoms with Gasteiger partial charge in [-0.2, -0.15) is 5.10 Å². The molecule has 2 amide bonds. The minimum absolute atomic E-state index is 0.0625. The van der Waals surface area contributed by atoms with Gasteiger partial charge >= 0.3 is 0 Å². The van der Waals surface area contributed by atoms with E-state index in [9.17, 15) is 9.59 Å². The molecule has 26 heavy (non-hydrogen) atoms. The number of hydrogen-bond donors (Lipinski definition) is 0. The highest BCUT2D eigenvalue weighted by Crippen LogP contribution is 2.38. The van der Waals surface area contributed by atoms with Gasteiger partial charge in [0.05, 0.1) is 35.5 Å². The average molecular weight is 357 g/mol. The molecule has 0 bridgehead atoms. The van der Waals surface area contributed by atoms with Crippen molar-refractivity contribution < 1.29 is 14.3 Å². The molecule has 1 saturated heterocycles. The Labute approximate surface area is 151 Å². The van der Waals surface area contributed by atoms with Crippen LogP contribution in [0.15, 0.2) is 24.8 Å². The van der Waals surface area contributed by atoms with Gasteiger partial charge < -0.3 is 14.5 Å². The van der Waals surface area contributed by atoms with Crippen LogP contribution in [0.1, 0.15) is 36.0 Å². The van der Waals surface area contributed by atoms with Crippen LogP contribution < -0.4 is 0 Å². The first-order valence-electron chi connectivity index (χ1n) is 9.01. The van der Waals surface area contributed by atoms with Gasteiger partial charge in [-0.1, -0.05) is 0 Å². The van der Waals surface area contributed by atoms with E-state index < -0.39 is 0 Å². The summed E-state index contributed by atoms with van der Waals surface area (Å²) < 4.78 is 7.20. The van der Waals surface area contributed by atoms with Crippen molar-refractivity contribution in [3.8, 4) is 0 Å². The van der Waals surface area contributed by atoms with Crippen LogP contribution in [0.4, 0.5) is 0 Å². The fourth-order valence-corrected chi connectivity index (χ4v) is 3.74. The Kier molecular flexibility index (Phi) is 4.36. The van der Waals surface area contributed by atoms with Gasteiger partial charge in [-0.25, -0.2) is 4.52 Å². The van der Waals surface area contributed by atoms with Crippen LogP contribution in [0.3, 0.4) is 0 Å². The van der Waals surface area contributed by atoms with Crippen molar-refractivity contribution in [2.75, 3.05) is 33.3 Å². The molecule has 1 aliphatic carbocycles. The van der Waals surface area contributed by atoms with Gasteiger partial charge in [-0.3, -0.25) is 14.6 Å². The molecule has 138 valence electrons. The van der Waals surface area contributed by atoms with E-state index >= 15 is 0 Å². The number of amides is 2. The summed E-state index contributed by atoms with van der Waals surface area (Å²) in [5.74, 6) is 0.0614. The number of hydrogen-bond acceptors (Lipinski definition) is 5. The molecule has 8 nitrogen and oxygen atoms in total. The summed E-state index contributed by atoms with van der Waals surface area (Å²) in [4.78, 5) is 33.1. The van der Waals surface area contributed by atoms with Crippen molar-refractivity contribution in [1.29, 1.82) is 0 Å². The summed E-state index contributed by atoms with van der Waals surface area (Å²) in [7, 11) is 1.69. The lowest BCUT2D eigenvalue weighted by atomic mass is 9.77. The maximum Gasteiger partial charge on any atom is 0.257 e. The van der Waals surface area contributed by atoms with Crippen LogP contribution in [-0.4, -0.2) is 75.1 Å². The topological polar surface area (TPSA) is 80.0 Å². The van der Waals surface area contributed by atoms with Crippen molar-refractivity contribution in [3.05, 3.63) is 30.4 Å². The lowest BCUT2D eigenvalue weighted by Gasteiger charge is -2.42. The third-order valence-electron chi connectivity index (χ3n) is 5.65. The monoisotopic (exact) mass is 357 g/mol. The lowest BCUT2D eigenvalue weighted by Crippen LogP contribution is -2.53. The predicted octanol–water partition coefficient (Wildman–Crippen LogP) is 0.973. The summed E-state index contributed by atoms with van der Waals surface area (Å²) in [6, 6.07) is 0. The normalized spacial score (nSPS) is 19.4. The van der Waals surface area contributed by atoms with Gasteiger partial charge in [0.1, 0.15) is 0 Å². The molecule has 0 atom stereocenters. The summed E-state index contributed by atoms with van der Waals surface area (Å²) in [5, 5.41) is 4.19. The van der Waals surface area contributed by atoms with E-state index in [1.807, 2.05) is 4.90 Å². The lowest BCUT2D eigenvalue weighted by molar-refractivity contribution is -0.145. The van der Waals surface area contributed by atoms with Crippen LogP contribution in [-0.2, 0) is 9.53 Å². The van der Waals surface area contributed by atoms with Gasteiger partial charge in [-0.05, 0) is 19.3 Å². The molecule has 0 unspecified atom stereocenters. The minimum Gasteiger partial charge on any atom is -0.378 e.